The molecule has 1 heterocycles. The fraction of sp³-hybridized carbons (Fsp3) is 0.600. The van der Waals surface area contributed by atoms with Crippen molar-refractivity contribution in [2.75, 3.05) is 6.61 Å². The molecule has 1 atom stereocenters. The van der Waals surface area contributed by atoms with Crippen molar-refractivity contribution in [2.24, 2.45) is 0 Å². The van der Waals surface area contributed by atoms with E-state index in [1.165, 1.54) is 6.92 Å². The molecule has 0 aromatic heterocycles. The highest BCUT2D eigenvalue weighted by atomic mass is 31.2. The van der Waals surface area contributed by atoms with E-state index < -0.39 is 20.6 Å². The Labute approximate surface area is 77.4 Å². The van der Waals surface area contributed by atoms with Crippen LogP contribution in [0.5, 0.6) is 0 Å². The van der Waals surface area contributed by atoms with Gasteiger partial charge in [-0.15, -0.1) is 0 Å². The highest BCUT2D eigenvalue weighted by Gasteiger charge is 2.38. The van der Waals surface area contributed by atoms with E-state index >= 15 is 0 Å². The van der Waals surface area contributed by atoms with Gasteiger partial charge in [-0.2, -0.15) is 17.8 Å². The second-order valence-electron chi connectivity index (χ2n) is 2.44. The molecule has 1 unspecified atom stereocenters. The van der Waals surface area contributed by atoms with Gasteiger partial charge in [-0.1, -0.05) is 0 Å². The highest BCUT2D eigenvalue weighted by Crippen LogP contribution is 2.51. The number of phosphoric ester groups is 1. The van der Waals surface area contributed by atoms with Gasteiger partial charge in [-0.3, -0.25) is 10.0 Å². The molecule has 82 valence electrons. The van der Waals surface area contributed by atoms with E-state index in [1.54, 1.807) is 0 Å². The van der Waals surface area contributed by atoms with Gasteiger partial charge in [0, 0.05) is 0 Å². The average Bonchev–Trinajstić information content (AvgIpc) is 2.07. The maximum atomic E-state index is 11.7. The van der Waals surface area contributed by atoms with Crippen LogP contribution in [0.15, 0.2) is 12.0 Å². The van der Waals surface area contributed by atoms with Crippen LogP contribution in [-0.2, 0) is 18.2 Å². The Morgan fingerprint density at radius 1 is 1.64 bits per heavy atom. The van der Waals surface area contributed by atoms with Gasteiger partial charge in [0.2, 0.25) is 0 Å². The second kappa shape index (κ2) is 3.80. The van der Waals surface area contributed by atoms with E-state index in [9.17, 15) is 17.7 Å². The first-order valence-electron chi connectivity index (χ1n) is 3.42. The van der Waals surface area contributed by atoms with Crippen LogP contribution in [0, 0.1) is 0 Å². The lowest BCUT2D eigenvalue weighted by molar-refractivity contribution is -0.158. The first kappa shape index (κ1) is 11.4. The normalized spacial score (nSPS) is 27.6. The van der Waals surface area contributed by atoms with Gasteiger partial charge in [0.1, 0.15) is 6.26 Å². The molecule has 1 rings (SSSR count). The summed E-state index contributed by atoms with van der Waals surface area (Å²) in [6, 6.07) is 0. The van der Waals surface area contributed by atoms with Crippen molar-refractivity contribution in [3.63, 3.8) is 0 Å². The molecule has 0 aromatic carbocycles. The summed E-state index contributed by atoms with van der Waals surface area (Å²) in [5.41, 5.74) is 2.46. The molecule has 14 heavy (non-hydrogen) atoms. The molecule has 0 aromatic rings. The molecule has 0 spiro atoms. The topological polar surface area (TPSA) is 56.8 Å². The monoisotopic (exact) mass is 233 g/mol. The first-order valence-corrected chi connectivity index (χ1v) is 4.88. The standard InChI is InChI=1S/C5H7F3NO4P/c1-4-2-11-14(10,13-9-4)12-3-5(6,7)8/h2,9H,3H2,1H3. The largest absolute Gasteiger partial charge is 0.551 e. The number of hydrogen-bond acceptors (Lipinski definition) is 5. The molecule has 1 aliphatic rings. The smallest absolute Gasteiger partial charge is 0.409 e. The van der Waals surface area contributed by atoms with Crippen molar-refractivity contribution in [3.8, 4) is 0 Å². The molecular weight excluding hydrogens is 226 g/mol. The van der Waals surface area contributed by atoms with Crippen LogP contribution in [0.2, 0.25) is 0 Å². The maximum absolute atomic E-state index is 11.7. The number of hydroxylamine groups is 1. The SMILES string of the molecule is CC1=COP(=O)(OCC(F)(F)F)ON1. The summed E-state index contributed by atoms with van der Waals surface area (Å²) in [4.78, 5) is 0. The lowest BCUT2D eigenvalue weighted by Gasteiger charge is -2.21. The quantitative estimate of drug-likeness (QED) is 0.740. The Morgan fingerprint density at radius 2 is 2.29 bits per heavy atom. The Kier molecular flexibility index (Phi) is 3.08. The molecular formula is C5H7F3NO4P. The van der Waals surface area contributed by atoms with Gasteiger partial charge in [0.25, 0.3) is 0 Å². The van der Waals surface area contributed by atoms with E-state index in [2.05, 4.69) is 19.2 Å². The molecule has 1 aliphatic heterocycles. The molecule has 9 heteroatoms. The van der Waals surface area contributed by atoms with Crippen molar-refractivity contribution >= 4 is 7.82 Å². The summed E-state index contributed by atoms with van der Waals surface area (Å²) in [5, 5.41) is 0. The molecule has 0 radical (unpaired) electrons. The fourth-order valence-electron chi connectivity index (χ4n) is 0.526. The van der Waals surface area contributed by atoms with Gasteiger partial charge in [-0.05, 0) is 6.92 Å². The predicted molar refractivity (Wildman–Crippen MR) is 38.7 cm³/mol. The van der Waals surface area contributed by atoms with Crippen LogP contribution in [0.3, 0.4) is 0 Å². The van der Waals surface area contributed by atoms with Crippen LogP contribution in [0.4, 0.5) is 13.2 Å². The molecule has 0 aliphatic carbocycles. The Hall–Kier alpha value is -0.720. The minimum Gasteiger partial charge on any atom is -0.409 e. The molecule has 5 nitrogen and oxygen atoms in total. The van der Waals surface area contributed by atoms with Gasteiger partial charge >= 0.3 is 14.0 Å². The van der Waals surface area contributed by atoms with E-state index in [0.717, 1.165) is 6.26 Å². The van der Waals surface area contributed by atoms with E-state index in [0.29, 0.717) is 5.70 Å². The molecule has 0 saturated heterocycles. The van der Waals surface area contributed by atoms with Gasteiger partial charge < -0.3 is 4.52 Å². The summed E-state index contributed by atoms with van der Waals surface area (Å²) >= 11 is 0. The zero-order chi connectivity index (χ0) is 10.8. The third-order valence-electron chi connectivity index (χ3n) is 1.06. The van der Waals surface area contributed by atoms with Crippen LogP contribution in [0.1, 0.15) is 6.92 Å². The van der Waals surface area contributed by atoms with Crippen LogP contribution < -0.4 is 5.48 Å². The second-order valence-corrected chi connectivity index (χ2v) is 3.98. The number of halogens is 3. The van der Waals surface area contributed by atoms with Crippen LogP contribution in [-0.4, -0.2) is 12.8 Å². The molecule has 0 fully saturated rings. The van der Waals surface area contributed by atoms with Crippen molar-refractivity contribution in [1.29, 1.82) is 0 Å². The van der Waals surface area contributed by atoms with Gasteiger partial charge in [-0.25, -0.2) is 4.57 Å². The zero-order valence-corrected chi connectivity index (χ0v) is 7.89. The summed E-state index contributed by atoms with van der Waals surface area (Å²) in [6.07, 6.45) is -3.62. The number of hydrogen-bond donors (Lipinski definition) is 1. The summed E-state index contributed by atoms with van der Waals surface area (Å²) in [6.45, 7) is -0.188. The Morgan fingerprint density at radius 3 is 2.71 bits per heavy atom. The molecule has 1 N–H and O–H groups in total. The van der Waals surface area contributed by atoms with Crippen LogP contribution in [0.25, 0.3) is 0 Å². The lowest BCUT2D eigenvalue weighted by atomic mass is 10.6. The number of allylic oxidation sites excluding steroid dienone is 1. The number of alkyl halides is 3. The minimum atomic E-state index is -4.58. The average molecular weight is 233 g/mol. The third-order valence-corrected chi connectivity index (χ3v) is 2.19. The van der Waals surface area contributed by atoms with E-state index in [-0.39, 0.29) is 0 Å². The van der Waals surface area contributed by atoms with Crippen molar-refractivity contribution in [1.82, 2.24) is 5.48 Å². The highest BCUT2D eigenvalue weighted by molar-refractivity contribution is 7.48. The molecule has 0 saturated carbocycles. The predicted octanol–water partition coefficient (Wildman–Crippen LogP) is 2.09. The summed E-state index contributed by atoms with van der Waals surface area (Å²) in [5.74, 6) is 0. The number of phosphoric acid groups is 1. The van der Waals surface area contributed by atoms with Crippen LogP contribution >= 0.6 is 7.82 Å². The minimum absolute atomic E-state index is 0.368. The summed E-state index contributed by atoms with van der Waals surface area (Å²) < 4.78 is 58.7. The number of rotatable bonds is 2. The molecule has 0 bridgehead atoms. The van der Waals surface area contributed by atoms with E-state index in [4.69, 9.17) is 0 Å². The third kappa shape index (κ3) is 3.57. The Bertz CT molecular complexity index is 289. The van der Waals surface area contributed by atoms with Crippen molar-refractivity contribution in [2.45, 2.75) is 13.1 Å². The van der Waals surface area contributed by atoms with Crippen molar-refractivity contribution < 1.29 is 31.4 Å². The van der Waals surface area contributed by atoms with E-state index in [1.807, 2.05) is 0 Å². The van der Waals surface area contributed by atoms with Gasteiger partial charge in [0.15, 0.2) is 6.61 Å². The van der Waals surface area contributed by atoms with Crippen molar-refractivity contribution in [3.05, 3.63) is 12.0 Å². The zero-order valence-electron chi connectivity index (χ0n) is 7.00. The lowest BCUT2D eigenvalue weighted by Crippen LogP contribution is -2.21. The Balaban J connectivity index is 2.49. The summed E-state index contributed by atoms with van der Waals surface area (Å²) in [7, 11) is -4.15. The maximum Gasteiger partial charge on any atom is 0.551 e. The first-order chi connectivity index (χ1) is 6.31. The fourth-order valence-corrected chi connectivity index (χ4v) is 1.53. The number of nitrogens with one attached hydrogen (secondary N) is 1. The molecule has 0 amide bonds. The van der Waals surface area contributed by atoms with Gasteiger partial charge in [0.05, 0.1) is 5.70 Å².